The van der Waals surface area contributed by atoms with Crippen LogP contribution < -0.4 is 15.0 Å². The Morgan fingerprint density at radius 3 is 2.41 bits per heavy atom. The highest BCUT2D eigenvalue weighted by atomic mass is 32.1. The molecule has 0 bridgehead atoms. The maximum atomic E-state index is 13.6. The molecule has 0 radical (unpaired) electrons. The number of benzene rings is 2. The van der Waals surface area contributed by atoms with Crippen molar-refractivity contribution in [2.75, 3.05) is 31.2 Å². The number of halogens is 2. The second-order valence-electron chi connectivity index (χ2n) is 7.40. The van der Waals surface area contributed by atoms with E-state index in [1.165, 1.54) is 12.1 Å². The fourth-order valence-corrected chi connectivity index (χ4v) is 4.30. The molecule has 1 saturated heterocycles. The third kappa shape index (κ3) is 4.58. The molecule has 0 saturated carbocycles. The van der Waals surface area contributed by atoms with Gasteiger partial charge >= 0.3 is 6.61 Å². The highest BCUT2D eigenvalue weighted by Gasteiger charge is 2.36. The van der Waals surface area contributed by atoms with E-state index >= 15 is 0 Å². The molecule has 2 aliphatic heterocycles. The summed E-state index contributed by atoms with van der Waals surface area (Å²) >= 11 is 5.65. The van der Waals surface area contributed by atoms with Gasteiger partial charge in [0.05, 0.1) is 24.8 Å². The minimum Gasteiger partial charge on any atom is -0.435 e. The van der Waals surface area contributed by atoms with Crippen LogP contribution in [0.1, 0.15) is 18.5 Å². The summed E-state index contributed by atoms with van der Waals surface area (Å²) in [7, 11) is 0. The van der Waals surface area contributed by atoms with Gasteiger partial charge in [0.1, 0.15) is 5.75 Å². The molecular formula is C23H23F2N3O3S. The zero-order valence-corrected chi connectivity index (χ0v) is 18.3. The molecule has 2 aliphatic rings. The summed E-state index contributed by atoms with van der Waals surface area (Å²) in [6, 6.07) is 15.3. The first kappa shape index (κ1) is 22.2. The van der Waals surface area contributed by atoms with E-state index in [4.69, 9.17) is 17.0 Å². The van der Waals surface area contributed by atoms with Crippen LogP contribution in [0, 0.1) is 0 Å². The molecule has 2 heterocycles. The third-order valence-corrected chi connectivity index (χ3v) is 5.77. The fourth-order valence-electron chi connectivity index (χ4n) is 3.94. The van der Waals surface area contributed by atoms with Gasteiger partial charge in [0, 0.05) is 24.5 Å². The molecule has 2 aromatic carbocycles. The van der Waals surface area contributed by atoms with Crippen molar-refractivity contribution in [1.29, 1.82) is 0 Å². The van der Waals surface area contributed by atoms with Crippen molar-refractivity contribution in [1.82, 2.24) is 10.2 Å². The van der Waals surface area contributed by atoms with Crippen LogP contribution in [-0.4, -0.2) is 48.8 Å². The Kier molecular flexibility index (Phi) is 6.66. The first-order valence-electron chi connectivity index (χ1n) is 10.2. The molecule has 0 spiro atoms. The lowest BCUT2D eigenvalue weighted by atomic mass is 9.93. The van der Waals surface area contributed by atoms with E-state index < -0.39 is 12.7 Å². The van der Waals surface area contributed by atoms with E-state index in [1.54, 1.807) is 17.0 Å². The number of carbonyl (C=O) groups excluding carboxylic acids is 1. The number of alkyl halides is 2. The molecule has 0 unspecified atom stereocenters. The second kappa shape index (κ2) is 9.62. The van der Waals surface area contributed by atoms with Crippen LogP contribution in [0.2, 0.25) is 0 Å². The van der Waals surface area contributed by atoms with Crippen molar-refractivity contribution in [3.8, 4) is 5.75 Å². The largest absolute Gasteiger partial charge is 0.435 e. The van der Waals surface area contributed by atoms with Gasteiger partial charge in [0.25, 0.3) is 5.91 Å². The van der Waals surface area contributed by atoms with Gasteiger partial charge in [-0.1, -0.05) is 30.3 Å². The molecule has 1 atom stereocenters. The zero-order chi connectivity index (χ0) is 22.7. The van der Waals surface area contributed by atoms with Gasteiger partial charge in [0.15, 0.2) is 5.11 Å². The second-order valence-corrected chi connectivity index (χ2v) is 7.79. The number of amides is 1. The minimum atomic E-state index is -2.90. The van der Waals surface area contributed by atoms with E-state index in [-0.39, 0.29) is 11.7 Å². The van der Waals surface area contributed by atoms with E-state index in [0.29, 0.717) is 42.7 Å². The van der Waals surface area contributed by atoms with E-state index in [2.05, 4.69) is 10.1 Å². The van der Waals surface area contributed by atoms with Crippen molar-refractivity contribution >= 4 is 28.9 Å². The third-order valence-electron chi connectivity index (χ3n) is 5.47. The molecule has 1 amide bonds. The van der Waals surface area contributed by atoms with Crippen LogP contribution in [0.25, 0.3) is 0 Å². The molecule has 1 fully saturated rings. The van der Waals surface area contributed by atoms with Crippen LogP contribution in [0.3, 0.4) is 0 Å². The van der Waals surface area contributed by atoms with Gasteiger partial charge in [-0.15, -0.1) is 0 Å². The number of morpholine rings is 1. The molecule has 9 heteroatoms. The van der Waals surface area contributed by atoms with Gasteiger partial charge in [-0.2, -0.15) is 8.78 Å². The fraction of sp³-hybridized carbons (Fsp3) is 0.304. The lowest BCUT2D eigenvalue weighted by Gasteiger charge is -2.40. The van der Waals surface area contributed by atoms with E-state index in [0.717, 1.165) is 11.3 Å². The summed E-state index contributed by atoms with van der Waals surface area (Å²) in [5.41, 5.74) is 2.83. The predicted molar refractivity (Wildman–Crippen MR) is 121 cm³/mol. The van der Waals surface area contributed by atoms with Crippen molar-refractivity contribution in [3.05, 3.63) is 71.4 Å². The average molecular weight is 460 g/mol. The molecule has 1 N–H and O–H groups in total. The van der Waals surface area contributed by atoms with Gasteiger partial charge in [0.2, 0.25) is 0 Å². The van der Waals surface area contributed by atoms with Gasteiger partial charge in [-0.3, -0.25) is 9.69 Å². The summed E-state index contributed by atoms with van der Waals surface area (Å²) < 4.78 is 34.9. The summed E-state index contributed by atoms with van der Waals surface area (Å²) in [5, 5.41) is 3.72. The molecule has 0 aromatic heterocycles. The lowest BCUT2D eigenvalue weighted by Crippen LogP contribution is -2.51. The molecular weight excluding hydrogens is 436 g/mol. The van der Waals surface area contributed by atoms with Crippen molar-refractivity contribution in [2.45, 2.75) is 19.6 Å². The van der Waals surface area contributed by atoms with Crippen molar-refractivity contribution in [2.24, 2.45) is 0 Å². The number of anilines is 1. The number of thiocarbonyl (C=S) groups is 1. The van der Waals surface area contributed by atoms with Crippen LogP contribution in [0.15, 0.2) is 65.9 Å². The molecule has 0 aliphatic carbocycles. The smallest absolute Gasteiger partial charge is 0.387 e. The first-order chi connectivity index (χ1) is 15.5. The number of nitrogens with zero attached hydrogens (tertiary/aromatic N) is 2. The van der Waals surface area contributed by atoms with Gasteiger partial charge in [-0.25, -0.2) is 0 Å². The van der Waals surface area contributed by atoms with Crippen LogP contribution >= 0.6 is 12.2 Å². The summed E-state index contributed by atoms with van der Waals surface area (Å²) in [6.45, 7) is 0.933. The average Bonchev–Trinajstić information content (AvgIpc) is 2.80. The van der Waals surface area contributed by atoms with Crippen LogP contribution in [0.5, 0.6) is 5.75 Å². The Hall–Kier alpha value is -3.04. The molecule has 32 heavy (non-hydrogen) atoms. The topological polar surface area (TPSA) is 54.0 Å². The maximum Gasteiger partial charge on any atom is 0.387 e. The highest BCUT2D eigenvalue weighted by molar-refractivity contribution is 7.80. The Bertz CT molecular complexity index is 1010. The normalized spacial score (nSPS) is 19.2. The number of nitrogens with one attached hydrogen (secondary N) is 1. The first-order valence-corrected chi connectivity index (χ1v) is 10.6. The Morgan fingerprint density at radius 2 is 1.78 bits per heavy atom. The number of ether oxygens (including phenoxy) is 2. The molecule has 6 nitrogen and oxygen atoms in total. The lowest BCUT2D eigenvalue weighted by molar-refractivity contribution is -0.131. The standard InChI is InChI=1S/C23H23F2N3O3S/c1-15-19(21(29)27-11-13-30-14-12-27)20(16-7-9-18(10-8-16)31-22(24)25)26-23(32)28(15)17-5-3-2-4-6-17/h2-10,20,22H,11-14H2,1H3,(H,26,32)/t20-/m1/s1. The van der Waals surface area contributed by atoms with E-state index in [1.807, 2.05) is 42.2 Å². The highest BCUT2D eigenvalue weighted by Crippen LogP contribution is 2.35. The zero-order valence-electron chi connectivity index (χ0n) is 17.5. The monoisotopic (exact) mass is 459 g/mol. The van der Waals surface area contributed by atoms with Gasteiger partial charge in [-0.05, 0) is 49.0 Å². The Labute approximate surface area is 190 Å². The Morgan fingerprint density at radius 1 is 1.12 bits per heavy atom. The number of carbonyl (C=O) groups is 1. The number of rotatable bonds is 5. The molecule has 168 valence electrons. The van der Waals surface area contributed by atoms with Gasteiger partial charge < -0.3 is 19.7 Å². The van der Waals surface area contributed by atoms with Crippen molar-refractivity contribution in [3.63, 3.8) is 0 Å². The molecule has 4 rings (SSSR count). The summed E-state index contributed by atoms with van der Waals surface area (Å²) in [4.78, 5) is 17.2. The number of allylic oxidation sites excluding steroid dienone is 1. The van der Waals surface area contributed by atoms with Crippen LogP contribution in [0.4, 0.5) is 14.5 Å². The minimum absolute atomic E-state index is 0.0507. The maximum absolute atomic E-state index is 13.6. The quantitative estimate of drug-likeness (QED) is 0.686. The predicted octanol–water partition coefficient (Wildman–Crippen LogP) is 3.86. The number of para-hydroxylation sites is 1. The Balaban J connectivity index is 1.75. The summed E-state index contributed by atoms with van der Waals surface area (Å²) in [5.74, 6) is -0.0607. The van der Waals surface area contributed by atoms with E-state index in [9.17, 15) is 13.6 Å². The molecule has 2 aromatic rings. The summed E-state index contributed by atoms with van der Waals surface area (Å²) in [6.07, 6.45) is 0. The number of hydrogen-bond acceptors (Lipinski definition) is 4. The van der Waals surface area contributed by atoms with Crippen molar-refractivity contribution < 1.29 is 23.0 Å². The SMILES string of the molecule is CC1=C(C(=O)N2CCOCC2)[C@@H](c2ccc(OC(F)F)cc2)NC(=S)N1c1ccccc1. The number of hydrogen-bond donors (Lipinski definition) is 1. The van der Waals surface area contributed by atoms with Crippen LogP contribution in [-0.2, 0) is 9.53 Å².